The lowest BCUT2D eigenvalue weighted by Crippen LogP contribution is -2.30. The number of hydrogen-bond acceptors (Lipinski definition) is 5. The molecule has 0 bridgehead atoms. The van der Waals surface area contributed by atoms with E-state index in [1.807, 2.05) is 16.5 Å². The first-order valence-corrected chi connectivity index (χ1v) is 7.66. The molecule has 106 valence electrons. The van der Waals surface area contributed by atoms with Crippen molar-refractivity contribution in [3.05, 3.63) is 5.82 Å². The molecule has 7 heteroatoms. The van der Waals surface area contributed by atoms with Gasteiger partial charge in [0.15, 0.2) is 5.16 Å². The van der Waals surface area contributed by atoms with Crippen molar-refractivity contribution in [2.24, 2.45) is 5.73 Å². The summed E-state index contributed by atoms with van der Waals surface area (Å²) in [6.07, 6.45) is 3.26. The number of rotatable bonds is 7. The van der Waals surface area contributed by atoms with Crippen LogP contribution in [0.4, 0.5) is 0 Å². The first-order valence-electron chi connectivity index (χ1n) is 6.68. The van der Waals surface area contributed by atoms with Crippen LogP contribution in [-0.2, 0) is 17.9 Å². The monoisotopic (exact) mass is 283 g/mol. The second-order valence-electron chi connectivity index (χ2n) is 4.78. The van der Waals surface area contributed by atoms with Crippen molar-refractivity contribution < 1.29 is 4.79 Å². The maximum atomic E-state index is 12.0. The number of hydrogen-bond donors (Lipinski definition) is 1. The van der Waals surface area contributed by atoms with Crippen LogP contribution in [0.5, 0.6) is 0 Å². The lowest BCUT2D eigenvalue weighted by Gasteiger charge is -2.15. The Bertz CT molecular complexity index is 443. The molecule has 0 unspecified atom stereocenters. The van der Waals surface area contributed by atoms with Gasteiger partial charge in [0.2, 0.25) is 5.91 Å². The maximum Gasteiger partial charge on any atom is 0.233 e. The van der Waals surface area contributed by atoms with Gasteiger partial charge in [0.25, 0.3) is 0 Å². The topological polar surface area (TPSA) is 77.0 Å². The summed E-state index contributed by atoms with van der Waals surface area (Å²) in [4.78, 5) is 13.8. The molecule has 1 fully saturated rings. The molecule has 0 radical (unpaired) electrons. The Balaban J connectivity index is 1.94. The lowest BCUT2D eigenvalue weighted by molar-refractivity contribution is -0.127. The number of aromatic nitrogens is 3. The van der Waals surface area contributed by atoms with Gasteiger partial charge < -0.3 is 15.2 Å². The molecule has 0 aliphatic heterocycles. The van der Waals surface area contributed by atoms with E-state index < -0.39 is 0 Å². The van der Waals surface area contributed by atoms with Crippen LogP contribution in [0.2, 0.25) is 0 Å². The molecular weight excluding hydrogens is 262 g/mol. The fourth-order valence-electron chi connectivity index (χ4n) is 1.92. The van der Waals surface area contributed by atoms with Crippen molar-refractivity contribution in [1.29, 1.82) is 0 Å². The highest BCUT2D eigenvalue weighted by atomic mass is 32.2. The van der Waals surface area contributed by atoms with Crippen molar-refractivity contribution >= 4 is 17.7 Å². The minimum atomic E-state index is 0.160. The molecule has 1 aromatic heterocycles. The highest BCUT2D eigenvalue weighted by Crippen LogP contribution is 2.26. The van der Waals surface area contributed by atoms with E-state index in [2.05, 4.69) is 17.1 Å². The molecule has 1 saturated carbocycles. The lowest BCUT2D eigenvalue weighted by atomic mass is 10.4. The standard InChI is InChI=1S/C12H21N5OS/c1-3-6-17-10(7-13)14-15-12(17)19-8-11(18)16(2)9-4-5-9/h9H,3-8,13H2,1-2H3. The third-order valence-electron chi connectivity index (χ3n) is 3.24. The van der Waals surface area contributed by atoms with Crippen LogP contribution in [0.3, 0.4) is 0 Å². The summed E-state index contributed by atoms with van der Waals surface area (Å²) in [5.74, 6) is 1.36. The summed E-state index contributed by atoms with van der Waals surface area (Å²) in [5, 5.41) is 8.98. The average Bonchev–Trinajstić information content (AvgIpc) is 3.19. The summed E-state index contributed by atoms with van der Waals surface area (Å²) in [5.41, 5.74) is 5.64. The summed E-state index contributed by atoms with van der Waals surface area (Å²) in [7, 11) is 1.88. The van der Waals surface area contributed by atoms with Crippen molar-refractivity contribution in [3.63, 3.8) is 0 Å². The zero-order valence-corrected chi connectivity index (χ0v) is 12.3. The van der Waals surface area contributed by atoms with Gasteiger partial charge >= 0.3 is 0 Å². The van der Waals surface area contributed by atoms with Crippen LogP contribution in [0.15, 0.2) is 5.16 Å². The van der Waals surface area contributed by atoms with Crippen molar-refractivity contribution in [2.45, 2.75) is 50.5 Å². The second kappa shape index (κ2) is 6.38. The Hall–Kier alpha value is -1.08. The molecule has 1 amide bonds. The van der Waals surface area contributed by atoms with Gasteiger partial charge in [0.05, 0.1) is 12.3 Å². The van der Waals surface area contributed by atoms with E-state index in [1.165, 1.54) is 11.8 Å². The Morgan fingerprint density at radius 2 is 2.26 bits per heavy atom. The van der Waals surface area contributed by atoms with E-state index in [9.17, 15) is 4.79 Å². The molecule has 2 N–H and O–H groups in total. The van der Waals surface area contributed by atoms with Crippen molar-refractivity contribution in [3.8, 4) is 0 Å². The largest absolute Gasteiger partial charge is 0.342 e. The molecular formula is C12H21N5OS. The van der Waals surface area contributed by atoms with Crippen LogP contribution in [0.1, 0.15) is 32.0 Å². The summed E-state index contributed by atoms with van der Waals surface area (Å²) in [6, 6.07) is 0.459. The quantitative estimate of drug-likeness (QED) is 0.751. The molecule has 1 aliphatic rings. The average molecular weight is 283 g/mol. The number of nitrogens with two attached hydrogens (primary N) is 1. The maximum absolute atomic E-state index is 12.0. The molecule has 0 saturated heterocycles. The molecule has 1 heterocycles. The number of carbonyl (C=O) groups excluding carboxylic acids is 1. The van der Waals surface area contributed by atoms with Crippen LogP contribution in [0, 0.1) is 0 Å². The van der Waals surface area contributed by atoms with Crippen LogP contribution in [0.25, 0.3) is 0 Å². The first-order chi connectivity index (χ1) is 9.17. The van der Waals surface area contributed by atoms with Crippen LogP contribution < -0.4 is 5.73 Å². The molecule has 0 spiro atoms. The zero-order chi connectivity index (χ0) is 13.8. The third-order valence-corrected chi connectivity index (χ3v) is 4.19. The van der Waals surface area contributed by atoms with Gasteiger partial charge in [-0.05, 0) is 19.3 Å². The Morgan fingerprint density at radius 1 is 1.53 bits per heavy atom. The fraction of sp³-hybridized carbons (Fsp3) is 0.750. The molecule has 19 heavy (non-hydrogen) atoms. The minimum Gasteiger partial charge on any atom is -0.342 e. The molecule has 2 rings (SSSR count). The summed E-state index contributed by atoms with van der Waals surface area (Å²) in [6.45, 7) is 3.32. The van der Waals surface area contributed by atoms with E-state index in [1.54, 1.807) is 0 Å². The first kappa shape index (κ1) is 14.3. The zero-order valence-electron chi connectivity index (χ0n) is 11.5. The minimum absolute atomic E-state index is 0.160. The molecule has 6 nitrogen and oxygen atoms in total. The Morgan fingerprint density at radius 3 is 2.84 bits per heavy atom. The van der Waals surface area contributed by atoms with E-state index >= 15 is 0 Å². The highest BCUT2D eigenvalue weighted by molar-refractivity contribution is 7.99. The van der Waals surface area contributed by atoms with Gasteiger partial charge in [-0.25, -0.2) is 0 Å². The number of thioether (sulfide) groups is 1. The van der Waals surface area contributed by atoms with Crippen molar-refractivity contribution in [2.75, 3.05) is 12.8 Å². The highest BCUT2D eigenvalue weighted by Gasteiger charge is 2.29. The van der Waals surface area contributed by atoms with Gasteiger partial charge in [-0.2, -0.15) is 0 Å². The normalized spacial score (nSPS) is 14.7. The van der Waals surface area contributed by atoms with Gasteiger partial charge in [0.1, 0.15) is 5.82 Å². The molecule has 0 aromatic carbocycles. The Labute approximate surface area is 117 Å². The Kier molecular flexibility index (Phi) is 4.81. The van der Waals surface area contributed by atoms with Crippen molar-refractivity contribution in [1.82, 2.24) is 19.7 Å². The molecule has 0 atom stereocenters. The SMILES string of the molecule is CCCn1c(CN)nnc1SCC(=O)N(C)C1CC1. The van der Waals surface area contributed by atoms with Crippen LogP contribution >= 0.6 is 11.8 Å². The van der Waals surface area contributed by atoms with Gasteiger partial charge in [-0.1, -0.05) is 18.7 Å². The van der Waals surface area contributed by atoms with E-state index in [-0.39, 0.29) is 5.91 Å². The van der Waals surface area contributed by atoms with Gasteiger partial charge in [-0.15, -0.1) is 10.2 Å². The van der Waals surface area contributed by atoms with E-state index in [0.29, 0.717) is 18.3 Å². The van der Waals surface area contributed by atoms with E-state index in [0.717, 1.165) is 36.8 Å². The third kappa shape index (κ3) is 3.48. The molecule has 1 aliphatic carbocycles. The smallest absolute Gasteiger partial charge is 0.233 e. The summed E-state index contributed by atoms with van der Waals surface area (Å²) < 4.78 is 2.01. The number of nitrogens with zero attached hydrogens (tertiary/aromatic N) is 4. The van der Waals surface area contributed by atoms with Crippen LogP contribution in [-0.4, -0.2) is 44.4 Å². The van der Waals surface area contributed by atoms with Gasteiger partial charge in [-0.3, -0.25) is 4.79 Å². The van der Waals surface area contributed by atoms with E-state index in [4.69, 9.17) is 5.73 Å². The predicted octanol–water partition coefficient (Wildman–Crippen LogP) is 0.860. The number of amides is 1. The fourth-order valence-corrected chi connectivity index (χ4v) is 2.83. The molecule has 1 aromatic rings. The predicted molar refractivity (Wildman–Crippen MR) is 74.7 cm³/mol. The van der Waals surface area contributed by atoms with Gasteiger partial charge in [0, 0.05) is 19.6 Å². The summed E-state index contributed by atoms with van der Waals surface area (Å²) >= 11 is 1.45. The second-order valence-corrected chi connectivity index (χ2v) is 5.72. The number of carbonyl (C=O) groups is 1.